The largest absolute Gasteiger partial charge is 0.361 e. The van der Waals surface area contributed by atoms with Crippen molar-refractivity contribution in [1.82, 2.24) is 10.3 Å². The number of carbonyl (C=O) groups excluding carboxylic acids is 1. The monoisotopic (exact) mass is 278 g/mol. The quantitative estimate of drug-likeness (QED) is 0.751. The molecule has 106 valence electrons. The fraction of sp³-hybridized carbons (Fsp3) is 0.167. The van der Waals surface area contributed by atoms with Gasteiger partial charge in [0.15, 0.2) is 0 Å². The normalized spacial score (nSPS) is 10.7. The topological polar surface area (TPSA) is 44.9 Å². The van der Waals surface area contributed by atoms with Crippen LogP contribution in [0.5, 0.6) is 0 Å². The molecule has 3 aromatic rings. The van der Waals surface area contributed by atoms with Crippen molar-refractivity contribution in [3.63, 3.8) is 0 Å². The van der Waals surface area contributed by atoms with E-state index in [1.54, 1.807) is 0 Å². The number of carbonyl (C=O) groups is 1. The summed E-state index contributed by atoms with van der Waals surface area (Å²) in [5.74, 6) is -0.0360. The van der Waals surface area contributed by atoms with Gasteiger partial charge in [0.25, 0.3) is 5.91 Å². The summed E-state index contributed by atoms with van der Waals surface area (Å²) in [4.78, 5) is 15.5. The Labute approximate surface area is 124 Å². The van der Waals surface area contributed by atoms with Crippen molar-refractivity contribution >= 4 is 16.8 Å². The van der Waals surface area contributed by atoms with Gasteiger partial charge in [-0.3, -0.25) is 4.79 Å². The van der Waals surface area contributed by atoms with E-state index in [9.17, 15) is 4.79 Å². The second kappa shape index (κ2) is 5.83. The highest BCUT2D eigenvalue weighted by atomic mass is 16.1. The van der Waals surface area contributed by atoms with Crippen LogP contribution in [0, 0.1) is 0 Å². The van der Waals surface area contributed by atoms with Crippen LogP contribution in [-0.4, -0.2) is 10.9 Å². The van der Waals surface area contributed by atoms with Crippen molar-refractivity contribution in [3.8, 4) is 0 Å². The van der Waals surface area contributed by atoms with Gasteiger partial charge in [0.2, 0.25) is 0 Å². The number of hydrogen-bond acceptors (Lipinski definition) is 1. The Morgan fingerprint density at radius 3 is 2.67 bits per heavy atom. The number of aromatic nitrogens is 1. The molecule has 0 aliphatic rings. The number of aryl methyl sites for hydroxylation is 1. The molecule has 0 aliphatic carbocycles. The van der Waals surface area contributed by atoms with Gasteiger partial charge < -0.3 is 10.3 Å². The lowest BCUT2D eigenvalue weighted by Crippen LogP contribution is -2.23. The molecule has 3 nitrogen and oxygen atoms in total. The average Bonchev–Trinajstić information content (AvgIpc) is 3.01. The van der Waals surface area contributed by atoms with E-state index in [2.05, 4.69) is 29.4 Å². The number of hydrogen-bond donors (Lipinski definition) is 2. The summed E-state index contributed by atoms with van der Waals surface area (Å²) >= 11 is 0. The maximum Gasteiger partial charge on any atom is 0.252 e. The molecule has 0 radical (unpaired) electrons. The second-order valence-corrected chi connectivity index (χ2v) is 5.05. The Balaban J connectivity index is 1.79. The molecule has 0 atom stereocenters. The number of benzene rings is 2. The van der Waals surface area contributed by atoms with Crippen LogP contribution in [0.4, 0.5) is 0 Å². The number of aromatic amines is 1. The standard InChI is InChI=1S/C18H18N2O/c1-2-13-6-3-4-7-14(13)12-20-18(21)16-8-5-9-17-15(16)10-11-19-17/h3-11,19H,2,12H2,1H3,(H,20,21). The van der Waals surface area contributed by atoms with E-state index in [0.717, 1.165) is 17.3 Å². The first kappa shape index (κ1) is 13.4. The molecule has 0 fully saturated rings. The van der Waals surface area contributed by atoms with E-state index in [1.807, 2.05) is 42.6 Å². The number of rotatable bonds is 4. The highest BCUT2D eigenvalue weighted by Crippen LogP contribution is 2.17. The molecule has 1 aromatic heterocycles. The number of H-pyrrole nitrogens is 1. The molecule has 3 heteroatoms. The second-order valence-electron chi connectivity index (χ2n) is 5.05. The lowest BCUT2D eigenvalue weighted by atomic mass is 10.0. The molecule has 2 aromatic carbocycles. The molecular weight excluding hydrogens is 260 g/mol. The lowest BCUT2D eigenvalue weighted by Gasteiger charge is -2.10. The zero-order chi connectivity index (χ0) is 14.7. The number of amides is 1. The zero-order valence-electron chi connectivity index (χ0n) is 12.0. The van der Waals surface area contributed by atoms with Gasteiger partial charge in [-0.25, -0.2) is 0 Å². The van der Waals surface area contributed by atoms with Crippen LogP contribution >= 0.6 is 0 Å². The van der Waals surface area contributed by atoms with Gasteiger partial charge >= 0.3 is 0 Å². The van der Waals surface area contributed by atoms with Crippen LogP contribution < -0.4 is 5.32 Å². The van der Waals surface area contributed by atoms with Gasteiger partial charge in [0.05, 0.1) is 0 Å². The molecule has 0 saturated heterocycles. The highest BCUT2D eigenvalue weighted by molar-refractivity contribution is 6.06. The summed E-state index contributed by atoms with van der Waals surface area (Å²) in [7, 11) is 0. The Kier molecular flexibility index (Phi) is 3.73. The molecule has 0 spiro atoms. The zero-order valence-corrected chi connectivity index (χ0v) is 12.0. The maximum absolute atomic E-state index is 12.4. The maximum atomic E-state index is 12.4. The highest BCUT2D eigenvalue weighted by Gasteiger charge is 2.10. The Morgan fingerprint density at radius 1 is 1.05 bits per heavy atom. The molecular formula is C18H18N2O. The van der Waals surface area contributed by atoms with E-state index in [4.69, 9.17) is 0 Å². The summed E-state index contributed by atoms with van der Waals surface area (Å²) in [5, 5.41) is 3.98. The third-order valence-corrected chi connectivity index (χ3v) is 3.78. The fourth-order valence-corrected chi connectivity index (χ4v) is 2.63. The summed E-state index contributed by atoms with van der Waals surface area (Å²) < 4.78 is 0. The Morgan fingerprint density at radius 2 is 1.86 bits per heavy atom. The predicted molar refractivity (Wildman–Crippen MR) is 85.3 cm³/mol. The van der Waals surface area contributed by atoms with Crippen molar-refractivity contribution in [1.29, 1.82) is 0 Å². The van der Waals surface area contributed by atoms with Crippen LogP contribution in [0.3, 0.4) is 0 Å². The fourth-order valence-electron chi connectivity index (χ4n) is 2.63. The Hall–Kier alpha value is -2.55. The molecule has 1 amide bonds. The molecule has 3 rings (SSSR count). The van der Waals surface area contributed by atoms with E-state index in [-0.39, 0.29) is 5.91 Å². The minimum absolute atomic E-state index is 0.0360. The average molecular weight is 278 g/mol. The summed E-state index contributed by atoms with van der Waals surface area (Å²) in [6, 6.07) is 15.9. The first-order valence-corrected chi connectivity index (χ1v) is 7.20. The molecule has 21 heavy (non-hydrogen) atoms. The van der Waals surface area contributed by atoms with E-state index in [0.29, 0.717) is 12.1 Å². The number of fused-ring (bicyclic) bond motifs is 1. The van der Waals surface area contributed by atoms with Crippen molar-refractivity contribution in [3.05, 3.63) is 71.4 Å². The minimum atomic E-state index is -0.0360. The van der Waals surface area contributed by atoms with Crippen molar-refractivity contribution in [2.24, 2.45) is 0 Å². The predicted octanol–water partition coefficient (Wildman–Crippen LogP) is 3.66. The molecule has 2 N–H and O–H groups in total. The summed E-state index contributed by atoms with van der Waals surface area (Å²) in [6.45, 7) is 2.69. The number of nitrogens with one attached hydrogen (secondary N) is 2. The first-order chi connectivity index (χ1) is 10.3. The van der Waals surface area contributed by atoms with Crippen molar-refractivity contribution < 1.29 is 4.79 Å². The lowest BCUT2D eigenvalue weighted by molar-refractivity contribution is 0.0952. The van der Waals surface area contributed by atoms with Gasteiger partial charge in [0, 0.05) is 29.2 Å². The molecule has 0 bridgehead atoms. The summed E-state index contributed by atoms with van der Waals surface area (Å²) in [5.41, 5.74) is 4.14. The van der Waals surface area contributed by atoms with Gasteiger partial charge in [0.1, 0.15) is 0 Å². The smallest absolute Gasteiger partial charge is 0.252 e. The van der Waals surface area contributed by atoms with Crippen LogP contribution in [0.25, 0.3) is 10.9 Å². The third-order valence-electron chi connectivity index (χ3n) is 3.78. The van der Waals surface area contributed by atoms with E-state index >= 15 is 0 Å². The van der Waals surface area contributed by atoms with Gasteiger partial charge in [-0.05, 0) is 35.7 Å². The van der Waals surface area contributed by atoms with Crippen LogP contribution in [0.1, 0.15) is 28.4 Å². The van der Waals surface area contributed by atoms with Crippen LogP contribution in [0.2, 0.25) is 0 Å². The molecule has 1 heterocycles. The van der Waals surface area contributed by atoms with Gasteiger partial charge in [-0.1, -0.05) is 37.3 Å². The van der Waals surface area contributed by atoms with E-state index < -0.39 is 0 Å². The van der Waals surface area contributed by atoms with E-state index in [1.165, 1.54) is 11.1 Å². The van der Waals surface area contributed by atoms with Crippen molar-refractivity contribution in [2.45, 2.75) is 19.9 Å². The van der Waals surface area contributed by atoms with Gasteiger partial charge in [-0.15, -0.1) is 0 Å². The third kappa shape index (κ3) is 2.68. The molecule has 0 saturated carbocycles. The van der Waals surface area contributed by atoms with Crippen molar-refractivity contribution in [2.75, 3.05) is 0 Å². The van der Waals surface area contributed by atoms with Crippen LogP contribution in [-0.2, 0) is 13.0 Å². The molecule has 0 aliphatic heterocycles. The van der Waals surface area contributed by atoms with Crippen LogP contribution in [0.15, 0.2) is 54.7 Å². The minimum Gasteiger partial charge on any atom is -0.361 e. The van der Waals surface area contributed by atoms with Gasteiger partial charge in [-0.2, -0.15) is 0 Å². The SMILES string of the molecule is CCc1ccccc1CNC(=O)c1cccc2[nH]ccc12. The molecule has 0 unspecified atom stereocenters. The first-order valence-electron chi connectivity index (χ1n) is 7.20. The Bertz CT molecular complexity index is 773. The summed E-state index contributed by atoms with van der Waals surface area (Å²) in [6.07, 6.45) is 2.83.